The molecule has 0 spiro atoms. The van der Waals surface area contributed by atoms with Crippen molar-refractivity contribution in [1.29, 1.82) is 5.41 Å². The number of hydrogen-bond acceptors (Lipinski definition) is 3. The molecule has 0 atom stereocenters. The van der Waals surface area contributed by atoms with Crippen LogP contribution in [-0.2, 0) is 0 Å². The minimum Gasteiger partial charge on any atom is -0.388 e. The fraction of sp³-hybridized carbons (Fsp3) is 0.462. The van der Waals surface area contributed by atoms with Gasteiger partial charge in [0.05, 0.1) is 5.84 Å². The summed E-state index contributed by atoms with van der Waals surface area (Å²) in [7, 11) is 0. The molecule has 0 bridgehead atoms. The van der Waals surface area contributed by atoms with Crippen LogP contribution < -0.4 is 10.6 Å². The number of rotatable bonds is 4. The van der Waals surface area contributed by atoms with Gasteiger partial charge in [0.2, 0.25) is 0 Å². The molecule has 2 rings (SSSR count). The minimum atomic E-state index is 0.273. The van der Waals surface area contributed by atoms with E-state index in [1.165, 1.54) is 5.69 Å². The summed E-state index contributed by atoms with van der Waals surface area (Å²) in [5.74, 6) is 0.273. The maximum absolute atomic E-state index is 7.24. The molecule has 1 aliphatic rings. The lowest BCUT2D eigenvalue weighted by Gasteiger charge is -2.36. The zero-order chi connectivity index (χ0) is 13.0. The smallest absolute Gasteiger partial charge is 0.0918 e. The van der Waals surface area contributed by atoms with Gasteiger partial charge in [-0.05, 0) is 24.3 Å². The average molecular weight is 267 g/mol. The van der Waals surface area contributed by atoms with Gasteiger partial charge in [-0.15, -0.1) is 0 Å². The van der Waals surface area contributed by atoms with Crippen LogP contribution in [0.2, 0.25) is 5.02 Å². The SMILES string of the molecule is N=C(N)CCN1CCN(c2ccc(Cl)cc2)CC1. The van der Waals surface area contributed by atoms with E-state index in [1.807, 2.05) is 12.1 Å². The molecule has 98 valence electrons. The molecule has 0 aromatic heterocycles. The number of halogens is 1. The van der Waals surface area contributed by atoms with E-state index in [0.29, 0.717) is 6.42 Å². The van der Waals surface area contributed by atoms with E-state index in [-0.39, 0.29) is 5.84 Å². The molecule has 1 aromatic carbocycles. The summed E-state index contributed by atoms with van der Waals surface area (Å²) in [4.78, 5) is 4.72. The monoisotopic (exact) mass is 266 g/mol. The molecule has 1 saturated heterocycles. The Hall–Kier alpha value is -1.26. The average Bonchev–Trinajstić information content (AvgIpc) is 2.38. The summed E-state index contributed by atoms with van der Waals surface area (Å²) < 4.78 is 0. The summed E-state index contributed by atoms with van der Waals surface area (Å²) in [5.41, 5.74) is 6.60. The van der Waals surface area contributed by atoms with Crippen molar-refractivity contribution in [2.75, 3.05) is 37.6 Å². The molecular weight excluding hydrogens is 248 g/mol. The standard InChI is InChI=1S/C13H19ClN4/c14-11-1-3-12(4-2-11)18-9-7-17(8-10-18)6-5-13(15)16/h1-4H,5-10H2,(H3,15,16). The van der Waals surface area contributed by atoms with E-state index in [0.717, 1.165) is 37.7 Å². The second-order valence-electron chi connectivity index (χ2n) is 4.58. The molecule has 0 amide bonds. The van der Waals surface area contributed by atoms with Crippen molar-refractivity contribution in [3.8, 4) is 0 Å². The van der Waals surface area contributed by atoms with Crippen molar-refractivity contribution >= 4 is 23.1 Å². The van der Waals surface area contributed by atoms with Gasteiger partial charge in [0, 0.05) is 49.9 Å². The third-order valence-electron chi connectivity index (χ3n) is 3.26. The molecule has 0 saturated carbocycles. The van der Waals surface area contributed by atoms with Crippen LogP contribution in [0.5, 0.6) is 0 Å². The zero-order valence-electron chi connectivity index (χ0n) is 10.4. The Morgan fingerprint density at radius 1 is 1.17 bits per heavy atom. The molecule has 1 fully saturated rings. The van der Waals surface area contributed by atoms with E-state index >= 15 is 0 Å². The largest absolute Gasteiger partial charge is 0.388 e. The van der Waals surface area contributed by atoms with Gasteiger partial charge in [0.25, 0.3) is 0 Å². The Kier molecular flexibility index (Phi) is 4.44. The highest BCUT2D eigenvalue weighted by Crippen LogP contribution is 2.19. The highest BCUT2D eigenvalue weighted by molar-refractivity contribution is 6.30. The van der Waals surface area contributed by atoms with Crippen LogP contribution in [0.25, 0.3) is 0 Å². The molecule has 0 aliphatic carbocycles. The van der Waals surface area contributed by atoms with E-state index < -0.39 is 0 Å². The first-order chi connectivity index (χ1) is 8.65. The topological polar surface area (TPSA) is 56.4 Å². The number of benzene rings is 1. The van der Waals surface area contributed by atoms with Crippen molar-refractivity contribution < 1.29 is 0 Å². The van der Waals surface area contributed by atoms with Crippen LogP contribution in [-0.4, -0.2) is 43.5 Å². The second-order valence-corrected chi connectivity index (χ2v) is 5.02. The van der Waals surface area contributed by atoms with Crippen LogP contribution >= 0.6 is 11.6 Å². The first-order valence-corrected chi connectivity index (χ1v) is 6.59. The van der Waals surface area contributed by atoms with Gasteiger partial charge in [-0.1, -0.05) is 11.6 Å². The number of nitrogens with two attached hydrogens (primary N) is 1. The maximum atomic E-state index is 7.24. The van der Waals surface area contributed by atoms with Crippen LogP contribution in [0.3, 0.4) is 0 Å². The normalized spacial score (nSPS) is 16.8. The van der Waals surface area contributed by atoms with Crippen molar-refractivity contribution in [1.82, 2.24) is 4.90 Å². The lowest BCUT2D eigenvalue weighted by molar-refractivity contribution is 0.264. The Balaban J connectivity index is 1.83. The molecule has 3 N–H and O–H groups in total. The number of hydrogen-bond donors (Lipinski definition) is 2. The number of amidine groups is 1. The second kappa shape index (κ2) is 6.07. The molecule has 18 heavy (non-hydrogen) atoms. The van der Waals surface area contributed by atoms with Crippen LogP contribution in [0.15, 0.2) is 24.3 Å². The van der Waals surface area contributed by atoms with E-state index in [4.69, 9.17) is 22.7 Å². The molecule has 1 aliphatic heterocycles. The van der Waals surface area contributed by atoms with Crippen molar-refractivity contribution in [3.63, 3.8) is 0 Å². The quantitative estimate of drug-likeness (QED) is 0.645. The Bertz CT molecular complexity index is 396. The lowest BCUT2D eigenvalue weighted by atomic mass is 10.2. The molecule has 5 heteroatoms. The third kappa shape index (κ3) is 3.62. The predicted molar refractivity (Wildman–Crippen MR) is 76.6 cm³/mol. The zero-order valence-corrected chi connectivity index (χ0v) is 11.2. The highest BCUT2D eigenvalue weighted by atomic mass is 35.5. The van der Waals surface area contributed by atoms with Crippen LogP contribution in [0, 0.1) is 5.41 Å². The van der Waals surface area contributed by atoms with Crippen LogP contribution in [0.4, 0.5) is 5.69 Å². The van der Waals surface area contributed by atoms with E-state index in [9.17, 15) is 0 Å². The van der Waals surface area contributed by atoms with Gasteiger partial charge in [-0.3, -0.25) is 10.3 Å². The van der Waals surface area contributed by atoms with Gasteiger partial charge >= 0.3 is 0 Å². The molecule has 0 unspecified atom stereocenters. The number of nitrogens with one attached hydrogen (secondary N) is 1. The first kappa shape index (κ1) is 13.2. The van der Waals surface area contributed by atoms with Gasteiger partial charge in [0.1, 0.15) is 0 Å². The van der Waals surface area contributed by atoms with Gasteiger partial charge in [0.15, 0.2) is 0 Å². The molecular formula is C13H19ClN4. The van der Waals surface area contributed by atoms with Crippen molar-refractivity contribution in [3.05, 3.63) is 29.3 Å². The van der Waals surface area contributed by atoms with E-state index in [2.05, 4.69) is 21.9 Å². The lowest BCUT2D eigenvalue weighted by Crippen LogP contribution is -2.47. The maximum Gasteiger partial charge on any atom is 0.0918 e. The summed E-state index contributed by atoms with van der Waals surface area (Å²) >= 11 is 5.89. The summed E-state index contributed by atoms with van der Waals surface area (Å²) in [5, 5.41) is 8.01. The summed E-state index contributed by atoms with van der Waals surface area (Å²) in [6, 6.07) is 7.99. The van der Waals surface area contributed by atoms with Crippen molar-refractivity contribution in [2.24, 2.45) is 5.73 Å². The number of piperazine rings is 1. The summed E-state index contributed by atoms with van der Waals surface area (Å²) in [6.07, 6.45) is 0.668. The van der Waals surface area contributed by atoms with Gasteiger partial charge in [-0.2, -0.15) is 0 Å². The fourth-order valence-corrected chi connectivity index (χ4v) is 2.29. The molecule has 0 radical (unpaired) electrons. The predicted octanol–water partition coefficient (Wildman–Crippen LogP) is 1.79. The third-order valence-corrected chi connectivity index (χ3v) is 3.51. The van der Waals surface area contributed by atoms with E-state index in [1.54, 1.807) is 0 Å². The van der Waals surface area contributed by atoms with Crippen LogP contribution in [0.1, 0.15) is 6.42 Å². The first-order valence-electron chi connectivity index (χ1n) is 6.21. The van der Waals surface area contributed by atoms with Crippen molar-refractivity contribution in [2.45, 2.75) is 6.42 Å². The molecule has 1 heterocycles. The Morgan fingerprint density at radius 3 is 2.33 bits per heavy atom. The minimum absolute atomic E-state index is 0.273. The Morgan fingerprint density at radius 2 is 1.78 bits per heavy atom. The van der Waals surface area contributed by atoms with Gasteiger partial charge < -0.3 is 10.6 Å². The highest BCUT2D eigenvalue weighted by Gasteiger charge is 2.16. The number of nitrogens with zero attached hydrogens (tertiary/aromatic N) is 2. The Labute approximate surface area is 113 Å². The molecule has 1 aromatic rings. The number of anilines is 1. The van der Waals surface area contributed by atoms with Gasteiger partial charge in [-0.25, -0.2) is 0 Å². The fourth-order valence-electron chi connectivity index (χ4n) is 2.16. The summed E-state index contributed by atoms with van der Waals surface area (Å²) in [6.45, 7) is 4.97. The molecule has 4 nitrogen and oxygen atoms in total.